The van der Waals surface area contributed by atoms with Gasteiger partial charge in [-0.25, -0.2) is 4.98 Å². The van der Waals surface area contributed by atoms with Gasteiger partial charge in [-0.05, 0) is 42.5 Å². The fourth-order valence-electron chi connectivity index (χ4n) is 1.75. The van der Waals surface area contributed by atoms with Crippen LogP contribution in [0, 0.1) is 0 Å². The Morgan fingerprint density at radius 3 is 2.81 bits per heavy atom. The summed E-state index contributed by atoms with van der Waals surface area (Å²) >= 11 is 0. The van der Waals surface area contributed by atoms with Gasteiger partial charge >= 0.3 is 0 Å². The SMILES string of the molecule is Cn1cc(CCCc2ccnc(N)c2)cn1. The first-order valence-electron chi connectivity index (χ1n) is 5.42. The normalized spacial score (nSPS) is 10.6. The molecule has 2 heterocycles. The molecule has 16 heavy (non-hydrogen) atoms. The molecule has 0 saturated heterocycles. The number of aromatic nitrogens is 3. The van der Waals surface area contributed by atoms with E-state index in [4.69, 9.17) is 5.73 Å². The summed E-state index contributed by atoms with van der Waals surface area (Å²) in [6.07, 6.45) is 8.92. The summed E-state index contributed by atoms with van der Waals surface area (Å²) in [4.78, 5) is 3.97. The van der Waals surface area contributed by atoms with Crippen LogP contribution in [-0.4, -0.2) is 14.8 Å². The second kappa shape index (κ2) is 4.79. The number of nitrogens with two attached hydrogens (primary N) is 1. The minimum atomic E-state index is 0.596. The largest absolute Gasteiger partial charge is 0.384 e. The van der Waals surface area contributed by atoms with Gasteiger partial charge in [-0.2, -0.15) is 5.10 Å². The zero-order chi connectivity index (χ0) is 11.4. The summed E-state index contributed by atoms with van der Waals surface area (Å²) in [7, 11) is 1.94. The van der Waals surface area contributed by atoms with Crippen LogP contribution < -0.4 is 5.73 Å². The number of hydrogen-bond donors (Lipinski definition) is 1. The fraction of sp³-hybridized carbons (Fsp3) is 0.333. The molecule has 0 aliphatic heterocycles. The van der Waals surface area contributed by atoms with Gasteiger partial charge in [-0.15, -0.1) is 0 Å². The van der Waals surface area contributed by atoms with E-state index in [2.05, 4.69) is 16.3 Å². The van der Waals surface area contributed by atoms with E-state index in [1.165, 1.54) is 11.1 Å². The number of hydrogen-bond acceptors (Lipinski definition) is 3. The van der Waals surface area contributed by atoms with Crippen LogP contribution >= 0.6 is 0 Å². The molecule has 0 bridgehead atoms. The zero-order valence-corrected chi connectivity index (χ0v) is 9.43. The molecular formula is C12H16N4. The van der Waals surface area contributed by atoms with Crippen molar-refractivity contribution in [2.75, 3.05) is 5.73 Å². The number of pyridine rings is 1. The number of nitrogens with zero attached hydrogens (tertiary/aromatic N) is 3. The van der Waals surface area contributed by atoms with Crippen molar-refractivity contribution in [2.24, 2.45) is 7.05 Å². The molecule has 0 atom stereocenters. The molecule has 0 radical (unpaired) electrons. The van der Waals surface area contributed by atoms with Crippen molar-refractivity contribution in [3.63, 3.8) is 0 Å². The van der Waals surface area contributed by atoms with E-state index in [-0.39, 0.29) is 0 Å². The van der Waals surface area contributed by atoms with Crippen LogP contribution in [0.15, 0.2) is 30.7 Å². The molecule has 2 aromatic rings. The molecule has 0 fully saturated rings. The Balaban J connectivity index is 1.84. The molecule has 2 rings (SSSR count). The highest BCUT2D eigenvalue weighted by Crippen LogP contribution is 2.09. The molecule has 84 valence electrons. The first kappa shape index (κ1) is 10.7. The van der Waals surface area contributed by atoms with Crippen LogP contribution in [0.4, 0.5) is 5.82 Å². The first-order valence-corrected chi connectivity index (χ1v) is 5.42. The first-order chi connectivity index (χ1) is 7.74. The van der Waals surface area contributed by atoms with Crippen LogP contribution in [-0.2, 0) is 19.9 Å². The van der Waals surface area contributed by atoms with Gasteiger partial charge in [0, 0.05) is 19.4 Å². The Morgan fingerprint density at radius 2 is 2.12 bits per heavy atom. The number of aryl methyl sites for hydroxylation is 3. The molecule has 4 nitrogen and oxygen atoms in total. The van der Waals surface area contributed by atoms with Gasteiger partial charge < -0.3 is 5.73 Å². The quantitative estimate of drug-likeness (QED) is 0.844. The highest BCUT2D eigenvalue weighted by atomic mass is 15.2. The van der Waals surface area contributed by atoms with Crippen molar-refractivity contribution in [1.29, 1.82) is 0 Å². The molecule has 2 N–H and O–H groups in total. The Kier molecular flexibility index (Phi) is 3.19. The fourth-order valence-corrected chi connectivity index (χ4v) is 1.75. The molecule has 0 aliphatic rings. The maximum atomic E-state index is 5.62. The molecular weight excluding hydrogens is 200 g/mol. The molecule has 0 amide bonds. The average Bonchev–Trinajstić information content (AvgIpc) is 2.64. The lowest BCUT2D eigenvalue weighted by atomic mass is 10.1. The number of nitrogen functional groups attached to an aromatic ring is 1. The van der Waals surface area contributed by atoms with Gasteiger partial charge in [0.1, 0.15) is 5.82 Å². The van der Waals surface area contributed by atoms with Gasteiger partial charge in [0.05, 0.1) is 6.20 Å². The van der Waals surface area contributed by atoms with Gasteiger partial charge in [0.15, 0.2) is 0 Å². The monoisotopic (exact) mass is 216 g/mol. The minimum Gasteiger partial charge on any atom is -0.384 e. The Hall–Kier alpha value is -1.84. The zero-order valence-electron chi connectivity index (χ0n) is 9.43. The lowest BCUT2D eigenvalue weighted by Crippen LogP contribution is -1.93. The number of rotatable bonds is 4. The van der Waals surface area contributed by atoms with Crippen molar-refractivity contribution in [2.45, 2.75) is 19.3 Å². The summed E-state index contributed by atoms with van der Waals surface area (Å²) < 4.78 is 1.83. The topological polar surface area (TPSA) is 56.7 Å². The van der Waals surface area contributed by atoms with Gasteiger partial charge in [0.2, 0.25) is 0 Å². The Labute approximate surface area is 95.1 Å². The Morgan fingerprint density at radius 1 is 1.31 bits per heavy atom. The summed E-state index contributed by atoms with van der Waals surface area (Å²) in [5.74, 6) is 0.596. The van der Waals surface area contributed by atoms with E-state index >= 15 is 0 Å². The van der Waals surface area contributed by atoms with Gasteiger partial charge in [0.25, 0.3) is 0 Å². The molecule has 4 heteroatoms. The second-order valence-corrected chi connectivity index (χ2v) is 3.96. The van der Waals surface area contributed by atoms with Crippen molar-refractivity contribution in [1.82, 2.24) is 14.8 Å². The van der Waals surface area contributed by atoms with E-state index in [1.807, 2.05) is 30.1 Å². The Bertz CT molecular complexity index is 462. The predicted octanol–water partition coefficient (Wildman–Crippen LogP) is 1.57. The van der Waals surface area contributed by atoms with Crippen molar-refractivity contribution >= 4 is 5.82 Å². The van der Waals surface area contributed by atoms with Crippen LogP contribution in [0.2, 0.25) is 0 Å². The summed E-state index contributed by atoms with van der Waals surface area (Å²) in [6.45, 7) is 0. The molecule has 0 saturated carbocycles. The molecule has 0 aromatic carbocycles. The van der Waals surface area contributed by atoms with Gasteiger partial charge in [-0.3, -0.25) is 4.68 Å². The van der Waals surface area contributed by atoms with Crippen molar-refractivity contribution < 1.29 is 0 Å². The van der Waals surface area contributed by atoms with Crippen molar-refractivity contribution in [3.8, 4) is 0 Å². The molecule has 0 spiro atoms. The molecule has 2 aromatic heterocycles. The highest BCUT2D eigenvalue weighted by Gasteiger charge is 1.98. The second-order valence-electron chi connectivity index (χ2n) is 3.96. The summed E-state index contributed by atoms with van der Waals surface area (Å²) in [5.41, 5.74) is 8.15. The minimum absolute atomic E-state index is 0.596. The predicted molar refractivity (Wildman–Crippen MR) is 63.9 cm³/mol. The van der Waals surface area contributed by atoms with Gasteiger partial charge in [-0.1, -0.05) is 0 Å². The third kappa shape index (κ3) is 2.82. The smallest absolute Gasteiger partial charge is 0.123 e. The lowest BCUT2D eigenvalue weighted by Gasteiger charge is -2.00. The average molecular weight is 216 g/mol. The standard InChI is InChI=1S/C12H16N4/c1-16-9-11(8-15-16)4-2-3-10-5-6-14-12(13)7-10/h5-9H,2-4H2,1H3,(H2,13,14). The van der Waals surface area contributed by atoms with E-state index in [0.717, 1.165) is 19.3 Å². The van der Waals surface area contributed by atoms with Crippen LogP contribution in [0.1, 0.15) is 17.5 Å². The lowest BCUT2D eigenvalue weighted by molar-refractivity contribution is 0.764. The summed E-state index contributed by atoms with van der Waals surface area (Å²) in [6, 6.07) is 3.95. The van der Waals surface area contributed by atoms with Crippen LogP contribution in [0.25, 0.3) is 0 Å². The van der Waals surface area contributed by atoms with Crippen molar-refractivity contribution in [3.05, 3.63) is 41.9 Å². The maximum absolute atomic E-state index is 5.62. The summed E-state index contributed by atoms with van der Waals surface area (Å²) in [5, 5.41) is 4.14. The molecule has 0 aliphatic carbocycles. The maximum Gasteiger partial charge on any atom is 0.123 e. The molecule has 0 unspecified atom stereocenters. The third-order valence-corrected chi connectivity index (χ3v) is 2.53. The van der Waals surface area contributed by atoms with E-state index in [0.29, 0.717) is 5.82 Å². The highest BCUT2D eigenvalue weighted by molar-refractivity contribution is 5.31. The van der Waals surface area contributed by atoms with E-state index < -0.39 is 0 Å². The third-order valence-electron chi connectivity index (χ3n) is 2.53. The van der Waals surface area contributed by atoms with E-state index in [1.54, 1.807) is 6.20 Å². The number of anilines is 1. The van der Waals surface area contributed by atoms with E-state index in [9.17, 15) is 0 Å². The van der Waals surface area contributed by atoms with Crippen LogP contribution in [0.3, 0.4) is 0 Å². The van der Waals surface area contributed by atoms with Crippen LogP contribution in [0.5, 0.6) is 0 Å².